The molecule has 1 aromatic carbocycles. The van der Waals surface area contributed by atoms with E-state index in [0.717, 1.165) is 45.1 Å². The number of aryl methyl sites for hydroxylation is 2. The van der Waals surface area contributed by atoms with Crippen molar-refractivity contribution in [2.75, 3.05) is 5.32 Å². The molecule has 0 aliphatic carbocycles. The standard InChI is InChI=1S/C22H20N8/c1-15-18(4-3-9-23-15)14-30-20-6-5-16(12-19(20)27-28-30)17-7-10-24-21(13-17)26-22-8-11-25-29(22)2/h3-13H,14H2,1-2H3,(H,24,26). The largest absolute Gasteiger partial charge is 0.325 e. The maximum atomic E-state index is 4.41. The highest BCUT2D eigenvalue weighted by molar-refractivity contribution is 5.82. The minimum absolute atomic E-state index is 0.642. The zero-order valence-electron chi connectivity index (χ0n) is 16.7. The van der Waals surface area contributed by atoms with Crippen molar-refractivity contribution >= 4 is 22.7 Å². The van der Waals surface area contributed by atoms with Crippen molar-refractivity contribution in [3.05, 3.63) is 78.4 Å². The molecule has 148 valence electrons. The number of pyridine rings is 2. The Labute approximate surface area is 173 Å². The number of benzene rings is 1. The monoisotopic (exact) mass is 396 g/mol. The van der Waals surface area contributed by atoms with Crippen LogP contribution in [0.15, 0.2) is 67.1 Å². The Morgan fingerprint density at radius 1 is 0.933 bits per heavy atom. The van der Waals surface area contributed by atoms with E-state index in [1.54, 1.807) is 23.3 Å². The van der Waals surface area contributed by atoms with Gasteiger partial charge in [0.1, 0.15) is 17.2 Å². The molecule has 0 unspecified atom stereocenters. The van der Waals surface area contributed by atoms with Crippen LogP contribution in [0.4, 0.5) is 11.6 Å². The lowest BCUT2D eigenvalue weighted by atomic mass is 10.1. The van der Waals surface area contributed by atoms with Gasteiger partial charge in [-0.05, 0) is 53.9 Å². The highest BCUT2D eigenvalue weighted by atomic mass is 15.4. The molecule has 0 bridgehead atoms. The van der Waals surface area contributed by atoms with Crippen LogP contribution in [0, 0.1) is 6.92 Å². The van der Waals surface area contributed by atoms with Crippen LogP contribution < -0.4 is 5.32 Å². The number of fused-ring (bicyclic) bond motifs is 1. The second kappa shape index (κ2) is 7.40. The van der Waals surface area contributed by atoms with Gasteiger partial charge in [0.15, 0.2) is 0 Å². The Bertz CT molecular complexity index is 1330. The average Bonchev–Trinajstić information content (AvgIpc) is 3.35. The topological polar surface area (TPSA) is 86.3 Å². The molecule has 8 heteroatoms. The van der Waals surface area contributed by atoms with Crippen LogP contribution in [0.2, 0.25) is 0 Å². The Kier molecular flexibility index (Phi) is 4.44. The fourth-order valence-corrected chi connectivity index (χ4v) is 3.42. The van der Waals surface area contributed by atoms with Gasteiger partial charge in [-0.1, -0.05) is 17.3 Å². The summed E-state index contributed by atoms with van der Waals surface area (Å²) in [7, 11) is 1.89. The van der Waals surface area contributed by atoms with E-state index in [0.29, 0.717) is 6.54 Å². The van der Waals surface area contributed by atoms with Gasteiger partial charge in [-0.2, -0.15) is 5.10 Å². The minimum atomic E-state index is 0.642. The van der Waals surface area contributed by atoms with E-state index in [-0.39, 0.29) is 0 Å². The highest BCUT2D eigenvalue weighted by Crippen LogP contribution is 2.26. The van der Waals surface area contributed by atoms with Gasteiger partial charge in [0, 0.05) is 31.2 Å². The molecular weight excluding hydrogens is 376 g/mol. The van der Waals surface area contributed by atoms with Gasteiger partial charge >= 0.3 is 0 Å². The van der Waals surface area contributed by atoms with Crippen molar-refractivity contribution in [2.24, 2.45) is 7.05 Å². The Morgan fingerprint density at radius 3 is 2.67 bits per heavy atom. The summed E-state index contributed by atoms with van der Waals surface area (Å²) in [6.07, 6.45) is 5.34. The summed E-state index contributed by atoms with van der Waals surface area (Å²) in [5, 5.41) is 16.2. The number of hydrogen-bond acceptors (Lipinski definition) is 6. The third-order valence-corrected chi connectivity index (χ3v) is 5.12. The molecule has 4 heterocycles. The first kappa shape index (κ1) is 18.0. The molecule has 0 spiro atoms. The summed E-state index contributed by atoms with van der Waals surface area (Å²) in [6, 6.07) is 16.1. The number of aromatic nitrogens is 7. The molecule has 0 amide bonds. The smallest absolute Gasteiger partial charge is 0.132 e. The lowest BCUT2D eigenvalue weighted by Gasteiger charge is -2.08. The molecule has 0 saturated carbocycles. The fourth-order valence-electron chi connectivity index (χ4n) is 3.42. The molecule has 4 aromatic heterocycles. The second-order valence-electron chi connectivity index (χ2n) is 7.09. The molecule has 0 aliphatic rings. The normalized spacial score (nSPS) is 11.1. The minimum Gasteiger partial charge on any atom is -0.325 e. The summed E-state index contributed by atoms with van der Waals surface area (Å²) in [4.78, 5) is 8.77. The van der Waals surface area contributed by atoms with E-state index in [2.05, 4.69) is 55.0 Å². The van der Waals surface area contributed by atoms with Crippen molar-refractivity contribution in [3.63, 3.8) is 0 Å². The maximum absolute atomic E-state index is 4.41. The summed E-state index contributed by atoms with van der Waals surface area (Å²) in [5.41, 5.74) is 6.09. The molecule has 0 radical (unpaired) electrons. The Balaban J connectivity index is 1.44. The summed E-state index contributed by atoms with van der Waals surface area (Å²) < 4.78 is 3.67. The Morgan fingerprint density at radius 2 is 1.83 bits per heavy atom. The lowest BCUT2D eigenvalue weighted by Crippen LogP contribution is -2.04. The van der Waals surface area contributed by atoms with E-state index in [1.165, 1.54) is 0 Å². The number of rotatable bonds is 5. The van der Waals surface area contributed by atoms with Gasteiger partial charge < -0.3 is 5.32 Å². The first-order valence-electron chi connectivity index (χ1n) is 9.62. The van der Waals surface area contributed by atoms with E-state index < -0.39 is 0 Å². The molecule has 0 saturated heterocycles. The molecule has 1 N–H and O–H groups in total. The van der Waals surface area contributed by atoms with Crippen LogP contribution in [0.5, 0.6) is 0 Å². The van der Waals surface area contributed by atoms with Gasteiger partial charge in [0.25, 0.3) is 0 Å². The zero-order valence-corrected chi connectivity index (χ0v) is 16.7. The molecule has 5 rings (SSSR count). The number of anilines is 2. The number of nitrogens with zero attached hydrogens (tertiary/aromatic N) is 7. The van der Waals surface area contributed by atoms with Crippen molar-refractivity contribution in [1.29, 1.82) is 0 Å². The first-order valence-corrected chi connectivity index (χ1v) is 9.62. The number of nitrogens with one attached hydrogen (secondary N) is 1. The zero-order chi connectivity index (χ0) is 20.5. The van der Waals surface area contributed by atoms with E-state index in [1.807, 2.05) is 42.9 Å². The van der Waals surface area contributed by atoms with E-state index in [4.69, 9.17) is 0 Å². The van der Waals surface area contributed by atoms with Gasteiger partial charge in [-0.3, -0.25) is 9.67 Å². The third kappa shape index (κ3) is 3.39. The fraction of sp³-hybridized carbons (Fsp3) is 0.136. The van der Waals surface area contributed by atoms with Crippen LogP contribution in [-0.2, 0) is 13.6 Å². The van der Waals surface area contributed by atoms with Crippen LogP contribution >= 0.6 is 0 Å². The second-order valence-corrected chi connectivity index (χ2v) is 7.09. The van der Waals surface area contributed by atoms with E-state index >= 15 is 0 Å². The van der Waals surface area contributed by atoms with Crippen molar-refractivity contribution in [3.8, 4) is 11.1 Å². The van der Waals surface area contributed by atoms with Gasteiger partial charge in [0.05, 0.1) is 18.3 Å². The molecule has 5 aromatic rings. The third-order valence-electron chi connectivity index (χ3n) is 5.12. The maximum Gasteiger partial charge on any atom is 0.132 e. The molecule has 0 atom stereocenters. The van der Waals surface area contributed by atoms with Crippen molar-refractivity contribution in [1.82, 2.24) is 34.7 Å². The van der Waals surface area contributed by atoms with Crippen LogP contribution in [0.1, 0.15) is 11.3 Å². The lowest BCUT2D eigenvalue weighted by molar-refractivity contribution is 0.665. The molecule has 8 nitrogen and oxygen atoms in total. The predicted molar refractivity (Wildman–Crippen MR) is 115 cm³/mol. The Hall–Kier alpha value is -4.07. The SMILES string of the molecule is Cc1ncccc1Cn1nnc2cc(-c3ccnc(Nc4ccnn4C)c3)ccc21. The van der Waals surface area contributed by atoms with Gasteiger partial charge in [-0.15, -0.1) is 5.10 Å². The molecule has 30 heavy (non-hydrogen) atoms. The predicted octanol–water partition coefficient (Wildman–Crippen LogP) is 3.72. The van der Waals surface area contributed by atoms with Crippen molar-refractivity contribution in [2.45, 2.75) is 13.5 Å². The molecule has 0 aliphatic heterocycles. The first-order chi connectivity index (χ1) is 14.7. The summed E-state index contributed by atoms with van der Waals surface area (Å²) in [6.45, 7) is 2.65. The summed E-state index contributed by atoms with van der Waals surface area (Å²) >= 11 is 0. The van der Waals surface area contributed by atoms with Gasteiger partial charge in [0.2, 0.25) is 0 Å². The molecule has 0 fully saturated rings. The van der Waals surface area contributed by atoms with Crippen molar-refractivity contribution < 1.29 is 0 Å². The van der Waals surface area contributed by atoms with Crippen LogP contribution in [-0.4, -0.2) is 34.7 Å². The quantitative estimate of drug-likeness (QED) is 0.487. The van der Waals surface area contributed by atoms with Crippen LogP contribution in [0.25, 0.3) is 22.2 Å². The number of hydrogen-bond donors (Lipinski definition) is 1. The van der Waals surface area contributed by atoms with E-state index in [9.17, 15) is 0 Å². The average molecular weight is 396 g/mol. The summed E-state index contributed by atoms with van der Waals surface area (Å²) in [5.74, 6) is 1.63. The molecular formula is C22H20N8. The van der Waals surface area contributed by atoms with Gasteiger partial charge in [-0.25, -0.2) is 9.67 Å². The van der Waals surface area contributed by atoms with Crippen LogP contribution in [0.3, 0.4) is 0 Å². The highest BCUT2D eigenvalue weighted by Gasteiger charge is 2.10.